The number of ether oxygens (including phenoxy) is 2. The molecule has 0 spiro atoms. The summed E-state index contributed by atoms with van der Waals surface area (Å²) in [6.45, 7) is 2.45. The van der Waals surface area contributed by atoms with Gasteiger partial charge in [0.25, 0.3) is 0 Å². The summed E-state index contributed by atoms with van der Waals surface area (Å²) in [6, 6.07) is 0. The van der Waals surface area contributed by atoms with Gasteiger partial charge in [-0.15, -0.1) is 0 Å². The van der Waals surface area contributed by atoms with Crippen molar-refractivity contribution in [2.75, 3.05) is 26.4 Å². The van der Waals surface area contributed by atoms with Crippen LogP contribution >= 0.6 is 7.82 Å². The highest BCUT2D eigenvalue weighted by atomic mass is 31.2. The monoisotopic (exact) mass is 877 g/mol. The Hall–Kier alpha value is -1.03. The number of aliphatic hydroxyl groups is 2. The van der Waals surface area contributed by atoms with Gasteiger partial charge in [-0.3, -0.25) is 18.6 Å². The minimum Gasteiger partial charge on any atom is -0.462 e. The zero-order chi connectivity index (χ0) is 44.0. The molecule has 11 heteroatoms. The molecule has 0 aliphatic carbocycles. The third kappa shape index (κ3) is 45.0. The van der Waals surface area contributed by atoms with E-state index in [4.69, 9.17) is 23.6 Å². The highest BCUT2D eigenvalue weighted by Gasteiger charge is 2.27. The highest BCUT2D eigenvalue weighted by molar-refractivity contribution is 7.47. The molecule has 0 aromatic rings. The number of phosphoric ester groups is 1. The van der Waals surface area contributed by atoms with Gasteiger partial charge in [0, 0.05) is 12.8 Å². The summed E-state index contributed by atoms with van der Waals surface area (Å²) in [7, 11) is -4.61. The predicted molar refractivity (Wildman–Crippen MR) is 247 cm³/mol. The number of hydrogen-bond donors (Lipinski definition) is 3. The van der Waals surface area contributed by atoms with Crippen LogP contribution in [0.15, 0.2) is 0 Å². The first kappa shape index (κ1) is 59.0. The Balaban J connectivity index is 4.11. The standard InChI is InChI=1S/C49H97O10P/c1-3-5-7-9-11-13-15-17-19-21-22-23-24-25-27-28-30-32-34-36-38-40-48(52)56-44-47(45-58-60(54,55)57-43-46(51)42-50)59-49(53)41-39-37-35-33-31-29-26-20-18-16-14-12-10-8-6-4-2/h46-47,50-51H,3-45H2,1-2H3,(H,54,55)/t46-,47+/m1/s1. The van der Waals surface area contributed by atoms with Crippen LogP contribution in [0.1, 0.15) is 264 Å². The first-order valence-corrected chi connectivity index (χ1v) is 27.0. The molecule has 0 saturated heterocycles. The molecule has 358 valence electrons. The van der Waals surface area contributed by atoms with Crippen LogP contribution in [0, 0.1) is 0 Å². The van der Waals surface area contributed by atoms with Crippen molar-refractivity contribution in [3.63, 3.8) is 0 Å². The van der Waals surface area contributed by atoms with Crippen LogP contribution in [0.2, 0.25) is 0 Å². The lowest BCUT2D eigenvalue weighted by Crippen LogP contribution is -2.29. The smallest absolute Gasteiger partial charge is 0.462 e. The number of carbonyl (C=O) groups is 2. The SMILES string of the molecule is CCCCCCCCCCCCCCCCCCCCCCCC(=O)OC[C@@H](COP(=O)(O)OC[C@H](O)CO)OC(=O)CCCCCCCCCCCCCCCCCC. The molecule has 0 rings (SSSR count). The van der Waals surface area contributed by atoms with Crippen LogP contribution in [0.5, 0.6) is 0 Å². The second kappa shape index (κ2) is 46.0. The third-order valence-electron chi connectivity index (χ3n) is 11.5. The number of rotatable bonds is 49. The summed E-state index contributed by atoms with van der Waals surface area (Å²) in [6.07, 6.45) is 45.0. The summed E-state index contributed by atoms with van der Waals surface area (Å²) in [5, 5.41) is 18.4. The van der Waals surface area contributed by atoms with E-state index in [-0.39, 0.29) is 19.4 Å². The van der Waals surface area contributed by atoms with E-state index in [0.29, 0.717) is 12.8 Å². The van der Waals surface area contributed by atoms with Crippen molar-refractivity contribution in [1.82, 2.24) is 0 Å². The van der Waals surface area contributed by atoms with Gasteiger partial charge in [0.2, 0.25) is 0 Å². The van der Waals surface area contributed by atoms with Gasteiger partial charge in [-0.25, -0.2) is 4.57 Å². The van der Waals surface area contributed by atoms with Crippen molar-refractivity contribution in [2.24, 2.45) is 0 Å². The molecule has 0 saturated carbocycles. The molecule has 60 heavy (non-hydrogen) atoms. The lowest BCUT2D eigenvalue weighted by atomic mass is 10.0. The molecular formula is C49H97O10P. The topological polar surface area (TPSA) is 149 Å². The number of esters is 2. The van der Waals surface area contributed by atoms with Gasteiger partial charge in [-0.05, 0) is 12.8 Å². The molecule has 3 N–H and O–H groups in total. The Morgan fingerprint density at radius 3 is 1.03 bits per heavy atom. The third-order valence-corrected chi connectivity index (χ3v) is 12.5. The number of aliphatic hydroxyl groups excluding tert-OH is 2. The van der Waals surface area contributed by atoms with E-state index in [1.807, 2.05) is 0 Å². The molecule has 0 aliphatic heterocycles. The molecule has 3 atom stereocenters. The van der Waals surface area contributed by atoms with Crippen molar-refractivity contribution < 1.29 is 47.8 Å². The van der Waals surface area contributed by atoms with E-state index in [2.05, 4.69) is 13.8 Å². The molecular weight excluding hydrogens is 780 g/mol. The van der Waals surface area contributed by atoms with Crippen molar-refractivity contribution in [1.29, 1.82) is 0 Å². The maximum atomic E-state index is 12.7. The fourth-order valence-electron chi connectivity index (χ4n) is 7.59. The van der Waals surface area contributed by atoms with Gasteiger partial charge in [-0.2, -0.15) is 0 Å². The van der Waals surface area contributed by atoms with Gasteiger partial charge in [0.05, 0.1) is 19.8 Å². The number of carbonyl (C=O) groups excluding carboxylic acids is 2. The average molecular weight is 877 g/mol. The zero-order valence-electron chi connectivity index (χ0n) is 39.2. The maximum Gasteiger partial charge on any atom is 0.472 e. The van der Waals surface area contributed by atoms with Crippen molar-refractivity contribution in [2.45, 2.75) is 276 Å². The summed E-state index contributed by atoms with van der Waals surface area (Å²) < 4.78 is 32.9. The van der Waals surface area contributed by atoms with Crippen molar-refractivity contribution in [3.8, 4) is 0 Å². The molecule has 0 fully saturated rings. The molecule has 0 radical (unpaired) electrons. The van der Waals surface area contributed by atoms with Gasteiger partial charge in [0.1, 0.15) is 12.7 Å². The largest absolute Gasteiger partial charge is 0.472 e. The normalized spacial score (nSPS) is 13.6. The quantitative estimate of drug-likeness (QED) is 0.0306. The zero-order valence-corrected chi connectivity index (χ0v) is 40.1. The predicted octanol–water partition coefficient (Wildman–Crippen LogP) is 14.2. The Labute approximate surface area is 369 Å². The van der Waals surface area contributed by atoms with E-state index >= 15 is 0 Å². The van der Waals surface area contributed by atoms with E-state index in [9.17, 15) is 24.2 Å². The Kier molecular flexibility index (Phi) is 45.2. The Morgan fingerprint density at radius 2 is 0.717 bits per heavy atom. The number of unbranched alkanes of at least 4 members (excludes halogenated alkanes) is 35. The molecule has 0 amide bonds. The van der Waals surface area contributed by atoms with E-state index in [1.54, 1.807) is 0 Å². The lowest BCUT2D eigenvalue weighted by molar-refractivity contribution is -0.161. The van der Waals surface area contributed by atoms with E-state index in [0.717, 1.165) is 32.1 Å². The van der Waals surface area contributed by atoms with Crippen LogP contribution in [0.4, 0.5) is 0 Å². The second-order valence-electron chi connectivity index (χ2n) is 17.6. The number of hydrogen-bond acceptors (Lipinski definition) is 9. The Bertz CT molecular complexity index is 966. The average Bonchev–Trinajstić information content (AvgIpc) is 3.24. The highest BCUT2D eigenvalue weighted by Crippen LogP contribution is 2.43. The first-order chi connectivity index (χ1) is 29.2. The van der Waals surface area contributed by atoms with Gasteiger partial charge < -0.3 is 24.6 Å². The lowest BCUT2D eigenvalue weighted by Gasteiger charge is -2.20. The maximum absolute atomic E-state index is 12.7. The Morgan fingerprint density at radius 1 is 0.433 bits per heavy atom. The summed E-state index contributed by atoms with van der Waals surface area (Å²) in [5.74, 6) is -0.903. The minimum atomic E-state index is -4.61. The van der Waals surface area contributed by atoms with Crippen LogP contribution in [0.25, 0.3) is 0 Å². The summed E-state index contributed by atoms with van der Waals surface area (Å²) in [5.41, 5.74) is 0. The van der Waals surface area contributed by atoms with Crippen LogP contribution in [0.3, 0.4) is 0 Å². The molecule has 0 bridgehead atoms. The van der Waals surface area contributed by atoms with Crippen LogP contribution in [-0.4, -0.2) is 65.7 Å². The minimum absolute atomic E-state index is 0.193. The number of phosphoric acid groups is 1. The fraction of sp³-hybridized carbons (Fsp3) is 0.959. The fourth-order valence-corrected chi connectivity index (χ4v) is 8.37. The first-order valence-electron chi connectivity index (χ1n) is 25.5. The molecule has 0 aliphatic rings. The second-order valence-corrected chi connectivity index (χ2v) is 19.0. The molecule has 0 aromatic carbocycles. The van der Waals surface area contributed by atoms with Gasteiger partial charge >= 0.3 is 19.8 Å². The van der Waals surface area contributed by atoms with Crippen LogP contribution in [-0.2, 0) is 32.7 Å². The van der Waals surface area contributed by atoms with Crippen molar-refractivity contribution in [3.05, 3.63) is 0 Å². The van der Waals surface area contributed by atoms with E-state index in [1.165, 1.54) is 193 Å². The molecule has 1 unspecified atom stereocenters. The van der Waals surface area contributed by atoms with Crippen molar-refractivity contribution >= 4 is 19.8 Å². The molecule has 0 heterocycles. The van der Waals surface area contributed by atoms with E-state index < -0.39 is 51.8 Å². The van der Waals surface area contributed by atoms with Gasteiger partial charge in [0.15, 0.2) is 6.10 Å². The summed E-state index contributed by atoms with van der Waals surface area (Å²) in [4.78, 5) is 35.1. The van der Waals surface area contributed by atoms with Crippen LogP contribution < -0.4 is 0 Å². The molecule has 10 nitrogen and oxygen atoms in total. The summed E-state index contributed by atoms with van der Waals surface area (Å²) >= 11 is 0. The molecule has 0 aromatic heterocycles. The van der Waals surface area contributed by atoms with Gasteiger partial charge in [-0.1, -0.05) is 239 Å².